The summed E-state index contributed by atoms with van der Waals surface area (Å²) >= 11 is 0. The van der Waals surface area contributed by atoms with Crippen molar-refractivity contribution in [3.05, 3.63) is 120 Å². The van der Waals surface area contributed by atoms with E-state index in [0.29, 0.717) is 23.0 Å². The molecule has 6 aromatic rings. The van der Waals surface area contributed by atoms with E-state index in [4.69, 9.17) is 20.2 Å². The van der Waals surface area contributed by atoms with E-state index in [1.54, 1.807) is 24.3 Å². The van der Waals surface area contributed by atoms with Crippen LogP contribution in [0.2, 0.25) is 0 Å². The summed E-state index contributed by atoms with van der Waals surface area (Å²) in [7, 11) is 4.16. The fourth-order valence-electron chi connectivity index (χ4n) is 8.78. The Labute approximate surface area is 345 Å². The number of nitrogens with zero attached hydrogens (tertiary/aromatic N) is 4. The van der Waals surface area contributed by atoms with Gasteiger partial charge in [0.2, 0.25) is 0 Å². The Morgan fingerprint density at radius 1 is 0.610 bits per heavy atom. The maximum absolute atomic E-state index is 12.2. The predicted molar refractivity (Wildman–Crippen MR) is 232 cm³/mol. The van der Waals surface area contributed by atoms with Gasteiger partial charge in [0, 0.05) is 37.6 Å². The Bertz CT molecular complexity index is 2360. The summed E-state index contributed by atoms with van der Waals surface area (Å²) in [6.45, 7) is 0.116. The fraction of sp³-hybridized carbons (Fsp3) is 0.383. The molecule has 2 fully saturated rings. The van der Waals surface area contributed by atoms with Crippen molar-refractivity contribution >= 4 is 51.3 Å². The Morgan fingerprint density at radius 2 is 1.03 bits per heavy atom. The molecular formula is C47H55N7O5. The number of amides is 1. The quantitative estimate of drug-likeness (QED) is 0.0766. The van der Waals surface area contributed by atoms with Gasteiger partial charge in [0.1, 0.15) is 11.6 Å². The van der Waals surface area contributed by atoms with Crippen molar-refractivity contribution in [2.24, 2.45) is 25.9 Å². The number of hydrogen-bond acceptors (Lipinski definition) is 7. The van der Waals surface area contributed by atoms with Gasteiger partial charge in [-0.2, -0.15) is 0 Å². The third kappa shape index (κ3) is 9.93. The first kappa shape index (κ1) is 41.0. The minimum Gasteiger partial charge on any atom is -0.481 e. The third-order valence-corrected chi connectivity index (χ3v) is 12.0. The van der Waals surface area contributed by atoms with Crippen molar-refractivity contribution < 1.29 is 24.6 Å². The number of carbonyl (C=O) groups is 3. The molecule has 0 saturated heterocycles. The van der Waals surface area contributed by atoms with Crippen LogP contribution in [0.25, 0.3) is 22.1 Å². The van der Waals surface area contributed by atoms with Gasteiger partial charge in [-0.3, -0.25) is 9.59 Å². The van der Waals surface area contributed by atoms with Gasteiger partial charge in [-0.15, -0.1) is 0 Å². The van der Waals surface area contributed by atoms with E-state index in [1.807, 2.05) is 48.5 Å². The Hall–Kier alpha value is -6.17. The SMILES string of the molecule is Cn1c(C(Nc2ccc(C(=O)NCCC(=O)O)cc2)C2CCCCC2)nc2ccccc21.Cn1c(C(Nc2ccc(C(=O)O)cc2)C2CCCCC2)nc2ccccc21. The van der Waals surface area contributed by atoms with Crippen molar-refractivity contribution in [1.82, 2.24) is 24.4 Å². The van der Waals surface area contributed by atoms with Crippen molar-refractivity contribution in [2.75, 3.05) is 17.2 Å². The molecule has 308 valence electrons. The van der Waals surface area contributed by atoms with Gasteiger partial charge in [-0.05, 0) is 110 Å². The molecule has 2 unspecified atom stereocenters. The van der Waals surface area contributed by atoms with Gasteiger partial charge in [0.05, 0.1) is 46.1 Å². The zero-order valence-corrected chi connectivity index (χ0v) is 33.9. The molecule has 2 atom stereocenters. The molecule has 2 aliphatic carbocycles. The van der Waals surface area contributed by atoms with Crippen molar-refractivity contribution in [3.63, 3.8) is 0 Å². The maximum Gasteiger partial charge on any atom is 0.335 e. The van der Waals surface area contributed by atoms with Crippen molar-refractivity contribution in [3.8, 4) is 0 Å². The summed E-state index contributed by atoms with van der Waals surface area (Å²) in [5.74, 6) is 1.00. The maximum atomic E-state index is 12.2. The number of carboxylic acids is 2. The Kier molecular flexibility index (Phi) is 13.2. The van der Waals surface area contributed by atoms with E-state index >= 15 is 0 Å². The molecule has 0 bridgehead atoms. The second-order valence-corrected chi connectivity index (χ2v) is 15.9. The van der Waals surface area contributed by atoms with Gasteiger partial charge in [0.15, 0.2) is 0 Å². The van der Waals surface area contributed by atoms with Crippen LogP contribution in [0.5, 0.6) is 0 Å². The van der Waals surface area contributed by atoms with Crippen LogP contribution in [0.4, 0.5) is 11.4 Å². The smallest absolute Gasteiger partial charge is 0.335 e. The summed E-state index contributed by atoms with van der Waals surface area (Å²) in [5.41, 5.74) is 6.96. The molecule has 0 radical (unpaired) electrons. The van der Waals surface area contributed by atoms with Gasteiger partial charge in [0.25, 0.3) is 5.91 Å². The number of imidazole rings is 2. The van der Waals surface area contributed by atoms with E-state index in [0.717, 1.165) is 45.1 Å². The molecule has 1 amide bonds. The summed E-state index contributed by atoms with van der Waals surface area (Å²) < 4.78 is 4.37. The Morgan fingerprint density at radius 3 is 1.44 bits per heavy atom. The zero-order chi connectivity index (χ0) is 41.3. The lowest BCUT2D eigenvalue weighted by atomic mass is 9.83. The molecule has 12 nitrogen and oxygen atoms in total. The van der Waals surface area contributed by atoms with Gasteiger partial charge < -0.3 is 35.3 Å². The number of hydrogen-bond donors (Lipinski definition) is 5. The number of carboxylic acid groups (broad SMARTS) is 2. The van der Waals surface area contributed by atoms with Crippen molar-refractivity contribution in [2.45, 2.75) is 82.7 Å². The standard InChI is InChI=1S/C25H30N4O3.C22H25N3O2/c1-29-21-10-6-5-9-20(21)28-24(29)23(17-7-3-2-4-8-17)27-19-13-11-18(12-14-19)25(32)26-16-15-22(30)31;1-25-19-10-6-5-9-18(19)24-21(25)20(15-7-3-2-4-8-15)23-17-13-11-16(12-14-17)22(26)27/h5-6,9-14,17,23,27H,2-4,7-8,15-16H2,1H3,(H,26,32)(H,30,31);5-6,9-15,20,23H,2-4,7-8H2,1H3,(H,26,27). The molecule has 4 aromatic carbocycles. The summed E-state index contributed by atoms with van der Waals surface area (Å²) in [5, 5.41) is 27.8. The van der Waals surface area contributed by atoms with E-state index in [-0.39, 0.29) is 31.0 Å². The van der Waals surface area contributed by atoms with Crippen LogP contribution in [0, 0.1) is 11.8 Å². The number of aromatic nitrogens is 4. The molecule has 12 heteroatoms. The third-order valence-electron chi connectivity index (χ3n) is 12.0. The highest BCUT2D eigenvalue weighted by molar-refractivity contribution is 5.94. The first-order valence-corrected chi connectivity index (χ1v) is 21.0. The number of aliphatic carboxylic acids is 1. The zero-order valence-electron chi connectivity index (χ0n) is 33.9. The van der Waals surface area contributed by atoms with E-state index < -0.39 is 11.9 Å². The molecule has 2 saturated carbocycles. The second-order valence-electron chi connectivity index (χ2n) is 15.9. The molecule has 8 rings (SSSR count). The highest BCUT2D eigenvalue weighted by Crippen LogP contribution is 2.39. The van der Waals surface area contributed by atoms with E-state index in [1.165, 1.54) is 64.2 Å². The van der Waals surface area contributed by atoms with E-state index in [2.05, 4.69) is 63.4 Å². The minimum absolute atomic E-state index is 0.0861. The molecule has 2 heterocycles. The number of fused-ring (bicyclic) bond motifs is 2. The molecule has 59 heavy (non-hydrogen) atoms. The summed E-state index contributed by atoms with van der Waals surface area (Å²) in [6, 6.07) is 31.0. The van der Waals surface area contributed by atoms with Gasteiger partial charge in [-0.1, -0.05) is 62.8 Å². The van der Waals surface area contributed by atoms with Crippen LogP contribution in [0.15, 0.2) is 97.1 Å². The number of nitrogens with one attached hydrogen (secondary N) is 3. The van der Waals surface area contributed by atoms with Gasteiger partial charge >= 0.3 is 11.9 Å². The number of aryl methyl sites for hydroxylation is 2. The van der Waals surface area contributed by atoms with Crippen LogP contribution < -0.4 is 16.0 Å². The Balaban J connectivity index is 0.000000181. The van der Waals surface area contributed by atoms with Crippen molar-refractivity contribution in [1.29, 1.82) is 0 Å². The summed E-state index contributed by atoms with van der Waals surface area (Å²) in [4.78, 5) is 43.9. The van der Waals surface area contributed by atoms with Crippen LogP contribution in [0.3, 0.4) is 0 Å². The number of aromatic carboxylic acids is 1. The van der Waals surface area contributed by atoms with E-state index in [9.17, 15) is 14.4 Å². The average molecular weight is 798 g/mol. The predicted octanol–water partition coefficient (Wildman–Crippen LogP) is 9.52. The van der Waals surface area contributed by atoms with Crippen LogP contribution in [-0.4, -0.2) is 53.7 Å². The molecule has 0 spiro atoms. The molecule has 0 aliphatic heterocycles. The minimum atomic E-state index is -0.930. The molecule has 2 aromatic heterocycles. The summed E-state index contributed by atoms with van der Waals surface area (Å²) in [6.07, 6.45) is 12.2. The van der Waals surface area contributed by atoms with Crippen LogP contribution in [-0.2, 0) is 18.9 Å². The molecular weight excluding hydrogens is 743 g/mol. The topological polar surface area (TPSA) is 163 Å². The van der Waals surface area contributed by atoms with Gasteiger partial charge in [-0.25, -0.2) is 14.8 Å². The number of carbonyl (C=O) groups excluding carboxylic acids is 1. The fourth-order valence-corrected chi connectivity index (χ4v) is 8.78. The lowest BCUT2D eigenvalue weighted by molar-refractivity contribution is -0.136. The number of benzene rings is 4. The molecule has 5 N–H and O–H groups in total. The first-order valence-electron chi connectivity index (χ1n) is 21.0. The number of anilines is 2. The normalized spacial score (nSPS) is 15.8. The number of para-hydroxylation sites is 4. The lowest BCUT2D eigenvalue weighted by Gasteiger charge is -2.31. The second kappa shape index (κ2) is 19.1. The van der Waals surface area contributed by atoms with Crippen LogP contribution >= 0.6 is 0 Å². The average Bonchev–Trinajstić information content (AvgIpc) is 3.78. The highest BCUT2D eigenvalue weighted by atomic mass is 16.4. The highest BCUT2D eigenvalue weighted by Gasteiger charge is 2.30. The first-order chi connectivity index (χ1) is 28.7. The van der Waals surface area contributed by atoms with Crippen LogP contribution in [0.1, 0.15) is 115 Å². The molecule has 2 aliphatic rings. The lowest BCUT2D eigenvalue weighted by Crippen LogP contribution is -2.26. The largest absolute Gasteiger partial charge is 0.481 e. The monoisotopic (exact) mass is 797 g/mol. The number of rotatable bonds is 13.